The number of aryl methyl sites for hydroxylation is 6. The Bertz CT molecular complexity index is 1210. The molecule has 0 nitrogen and oxygen atoms in total. The van der Waals surface area contributed by atoms with Crippen LogP contribution in [0, 0.1) is 41.5 Å². The second-order valence-corrected chi connectivity index (χ2v) is 12.7. The maximum atomic E-state index is 2.41. The number of rotatable bonds is 2. The number of thiophene rings is 4. The number of hydrogen-bond donors (Lipinski definition) is 0. The predicted octanol–water partition coefficient (Wildman–Crippen LogP) is 9.42. The van der Waals surface area contributed by atoms with E-state index in [0.29, 0.717) is 0 Å². The van der Waals surface area contributed by atoms with Gasteiger partial charge in [-0.15, -0.1) is 45.3 Å². The molecular weight excluding hydrogens is 417 g/mol. The van der Waals surface area contributed by atoms with Crippen LogP contribution in [0.4, 0.5) is 0 Å². The van der Waals surface area contributed by atoms with Crippen LogP contribution < -0.4 is 0 Å². The van der Waals surface area contributed by atoms with E-state index >= 15 is 0 Å². The Morgan fingerprint density at radius 3 is 1.14 bits per heavy atom. The third-order valence-corrected chi connectivity index (χ3v) is 9.72. The average molecular weight is 439 g/mol. The van der Waals surface area contributed by atoms with E-state index in [4.69, 9.17) is 0 Å². The van der Waals surface area contributed by atoms with Crippen molar-refractivity contribution in [3.8, 4) is 20.9 Å². The van der Waals surface area contributed by atoms with E-state index in [2.05, 4.69) is 65.8 Å². The fourth-order valence-electron chi connectivity index (χ4n) is 4.25. The van der Waals surface area contributed by atoms with Crippen LogP contribution >= 0.6 is 45.3 Å². The molecule has 0 saturated heterocycles. The maximum absolute atomic E-state index is 2.41. The van der Waals surface area contributed by atoms with Gasteiger partial charge in [-0.25, -0.2) is 0 Å². The van der Waals surface area contributed by atoms with Gasteiger partial charge in [-0.2, -0.15) is 0 Å². The highest BCUT2D eigenvalue weighted by Gasteiger charge is 2.23. The molecule has 4 heterocycles. The first kappa shape index (κ1) is 18.6. The zero-order chi connectivity index (χ0) is 19.7. The van der Waals surface area contributed by atoms with Gasteiger partial charge in [0.25, 0.3) is 0 Å². The Hall–Kier alpha value is -1.46. The maximum Gasteiger partial charge on any atom is 0.0445 e. The Kier molecular flexibility index (Phi) is 4.33. The minimum Gasteiger partial charge on any atom is -0.140 e. The summed E-state index contributed by atoms with van der Waals surface area (Å²) in [6.07, 6.45) is 0. The van der Waals surface area contributed by atoms with Gasteiger partial charge in [0, 0.05) is 60.6 Å². The van der Waals surface area contributed by atoms with E-state index in [9.17, 15) is 0 Å². The van der Waals surface area contributed by atoms with Crippen LogP contribution in [-0.4, -0.2) is 0 Å². The summed E-state index contributed by atoms with van der Waals surface area (Å²) in [7, 11) is 0. The molecule has 5 aromatic rings. The standard InChI is InChI=1S/C24H22S4/c1-11-7-13(3)25-21(11)19-17-9-15(5)28-24(17)20(18-10-16(6)27-23(18)19)22-12(2)8-14(4)26-22/h7-10H,1-6H3. The first-order valence-corrected chi connectivity index (χ1v) is 12.7. The van der Waals surface area contributed by atoms with Crippen LogP contribution in [0.15, 0.2) is 24.3 Å². The summed E-state index contributed by atoms with van der Waals surface area (Å²) in [6.45, 7) is 13.5. The van der Waals surface area contributed by atoms with Gasteiger partial charge < -0.3 is 0 Å². The lowest BCUT2D eigenvalue weighted by molar-refractivity contribution is 1.51. The molecular formula is C24H22S4. The van der Waals surface area contributed by atoms with Gasteiger partial charge in [-0.3, -0.25) is 0 Å². The van der Waals surface area contributed by atoms with Gasteiger partial charge in [0.05, 0.1) is 0 Å². The van der Waals surface area contributed by atoms with E-state index < -0.39 is 0 Å². The Morgan fingerprint density at radius 2 is 0.821 bits per heavy atom. The molecule has 5 rings (SSSR count). The third-order valence-electron chi connectivity index (χ3n) is 5.24. The molecule has 4 aromatic heterocycles. The summed E-state index contributed by atoms with van der Waals surface area (Å²) in [5, 5.41) is 2.87. The van der Waals surface area contributed by atoms with Crippen LogP contribution in [0.5, 0.6) is 0 Å². The molecule has 0 fully saturated rings. The summed E-state index contributed by atoms with van der Waals surface area (Å²) < 4.78 is 2.90. The van der Waals surface area contributed by atoms with Gasteiger partial charge >= 0.3 is 0 Å². The summed E-state index contributed by atoms with van der Waals surface area (Å²) in [5.41, 5.74) is 5.71. The average Bonchev–Trinajstić information content (AvgIpc) is 3.32. The Morgan fingerprint density at radius 1 is 0.464 bits per heavy atom. The number of benzene rings is 1. The van der Waals surface area contributed by atoms with E-state index in [0.717, 1.165) is 0 Å². The molecule has 0 atom stereocenters. The van der Waals surface area contributed by atoms with E-state index in [1.165, 1.54) is 71.7 Å². The van der Waals surface area contributed by atoms with Crippen molar-refractivity contribution in [3.05, 3.63) is 54.9 Å². The number of fused-ring (bicyclic) bond motifs is 2. The van der Waals surface area contributed by atoms with E-state index in [1.807, 2.05) is 45.3 Å². The van der Waals surface area contributed by atoms with Crippen molar-refractivity contribution >= 4 is 65.5 Å². The number of hydrogen-bond acceptors (Lipinski definition) is 4. The predicted molar refractivity (Wildman–Crippen MR) is 132 cm³/mol. The fraction of sp³-hybridized carbons (Fsp3) is 0.250. The van der Waals surface area contributed by atoms with Crippen LogP contribution in [-0.2, 0) is 0 Å². The monoisotopic (exact) mass is 438 g/mol. The SMILES string of the molecule is Cc1cc(C)c(-c2c3cc(C)sc3c(-c3sc(C)cc3C)c3cc(C)sc23)s1. The molecule has 0 saturated carbocycles. The third kappa shape index (κ3) is 2.73. The molecule has 4 heteroatoms. The lowest BCUT2D eigenvalue weighted by Gasteiger charge is -2.11. The molecule has 0 spiro atoms. The fourth-order valence-corrected chi connectivity index (χ4v) is 8.73. The molecule has 0 unspecified atom stereocenters. The zero-order valence-electron chi connectivity index (χ0n) is 16.9. The molecule has 0 aliphatic carbocycles. The quantitative estimate of drug-likeness (QED) is 0.257. The first-order chi connectivity index (χ1) is 13.3. The summed E-state index contributed by atoms with van der Waals surface area (Å²) in [5.74, 6) is 0. The molecule has 1 aromatic carbocycles. The van der Waals surface area contributed by atoms with Crippen molar-refractivity contribution in [1.29, 1.82) is 0 Å². The molecule has 0 aliphatic heterocycles. The largest absolute Gasteiger partial charge is 0.140 e. The van der Waals surface area contributed by atoms with Crippen LogP contribution in [0.1, 0.15) is 30.6 Å². The molecule has 0 bridgehead atoms. The van der Waals surface area contributed by atoms with Gasteiger partial charge in [0.2, 0.25) is 0 Å². The summed E-state index contributed by atoms with van der Waals surface area (Å²) in [4.78, 5) is 8.45. The second-order valence-electron chi connectivity index (χ2n) is 7.69. The molecule has 0 radical (unpaired) electrons. The minimum atomic E-state index is 1.39. The highest BCUT2D eigenvalue weighted by molar-refractivity contribution is 7.23. The summed E-state index contributed by atoms with van der Waals surface area (Å²) >= 11 is 7.78. The molecule has 0 amide bonds. The lowest BCUT2D eigenvalue weighted by atomic mass is 9.97. The normalized spacial score (nSPS) is 11.9. The molecule has 28 heavy (non-hydrogen) atoms. The molecule has 0 N–H and O–H groups in total. The van der Waals surface area contributed by atoms with E-state index in [-0.39, 0.29) is 0 Å². The van der Waals surface area contributed by atoms with Crippen LogP contribution in [0.25, 0.3) is 41.1 Å². The first-order valence-electron chi connectivity index (χ1n) is 9.44. The summed E-state index contributed by atoms with van der Waals surface area (Å²) in [6, 6.07) is 9.49. The van der Waals surface area contributed by atoms with Gasteiger partial charge in [-0.05, 0) is 76.9 Å². The Balaban J connectivity index is 2.02. The molecule has 142 valence electrons. The highest BCUT2D eigenvalue weighted by atomic mass is 32.1. The van der Waals surface area contributed by atoms with Crippen LogP contribution in [0.2, 0.25) is 0 Å². The highest BCUT2D eigenvalue weighted by Crippen LogP contribution is 2.52. The zero-order valence-corrected chi connectivity index (χ0v) is 20.2. The van der Waals surface area contributed by atoms with Crippen molar-refractivity contribution in [1.82, 2.24) is 0 Å². The van der Waals surface area contributed by atoms with Crippen molar-refractivity contribution in [2.45, 2.75) is 41.5 Å². The van der Waals surface area contributed by atoms with Crippen molar-refractivity contribution in [3.63, 3.8) is 0 Å². The lowest BCUT2D eigenvalue weighted by Crippen LogP contribution is -1.84. The minimum absolute atomic E-state index is 1.39. The van der Waals surface area contributed by atoms with E-state index in [1.54, 1.807) is 0 Å². The van der Waals surface area contributed by atoms with Gasteiger partial charge in [-0.1, -0.05) is 0 Å². The van der Waals surface area contributed by atoms with Gasteiger partial charge in [0.15, 0.2) is 0 Å². The van der Waals surface area contributed by atoms with Crippen molar-refractivity contribution in [2.24, 2.45) is 0 Å². The Labute approximate surface area is 182 Å². The van der Waals surface area contributed by atoms with Crippen LogP contribution in [0.3, 0.4) is 0 Å². The second kappa shape index (κ2) is 6.53. The smallest absolute Gasteiger partial charge is 0.0445 e. The van der Waals surface area contributed by atoms with Gasteiger partial charge in [0.1, 0.15) is 0 Å². The van der Waals surface area contributed by atoms with Crippen molar-refractivity contribution in [2.75, 3.05) is 0 Å². The molecule has 0 aliphatic rings. The topological polar surface area (TPSA) is 0 Å². The van der Waals surface area contributed by atoms with Crippen molar-refractivity contribution < 1.29 is 0 Å².